The van der Waals surface area contributed by atoms with Crippen LogP contribution in [-0.2, 0) is 14.3 Å². The molecule has 0 N–H and O–H groups in total. The van der Waals surface area contributed by atoms with Crippen LogP contribution in [0.2, 0.25) is 0 Å². The van der Waals surface area contributed by atoms with Gasteiger partial charge < -0.3 is 14.4 Å². The second kappa shape index (κ2) is 7.67. The van der Waals surface area contributed by atoms with Crippen LogP contribution in [0.3, 0.4) is 0 Å². The van der Waals surface area contributed by atoms with E-state index < -0.39 is 0 Å². The zero-order valence-corrected chi connectivity index (χ0v) is 11.3. The van der Waals surface area contributed by atoms with Gasteiger partial charge >= 0.3 is 0 Å². The van der Waals surface area contributed by atoms with Crippen LogP contribution < -0.4 is 0 Å². The Hall–Kier alpha value is -0.610. The molecule has 0 saturated carbocycles. The fourth-order valence-corrected chi connectivity index (χ4v) is 2.08. The molecule has 1 rings (SSSR count). The summed E-state index contributed by atoms with van der Waals surface area (Å²) in [5.41, 5.74) is 0. The summed E-state index contributed by atoms with van der Waals surface area (Å²) in [6.45, 7) is 7.81. The molecular formula is C13H25NO3. The Bertz CT molecular complexity index is 223. The third kappa shape index (κ3) is 5.04. The second-order valence-corrected chi connectivity index (χ2v) is 4.99. The minimum absolute atomic E-state index is 0.115. The van der Waals surface area contributed by atoms with Gasteiger partial charge in [0, 0.05) is 32.7 Å². The molecule has 1 saturated heterocycles. The first-order valence-electron chi connectivity index (χ1n) is 6.50. The maximum absolute atomic E-state index is 11.8. The molecule has 0 aromatic heterocycles. The minimum atomic E-state index is 0.115. The van der Waals surface area contributed by atoms with Gasteiger partial charge in [0.2, 0.25) is 5.91 Å². The monoisotopic (exact) mass is 243 g/mol. The van der Waals surface area contributed by atoms with Gasteiger partial charge in [0.1, 0.15) is 0 Å². The largest absolute Gasteiger partial charge is 0.382 e. The van der Waals surface area contributed by atoms with Crippen molar-refractivity contribution in [3.05, 3.63) is 0 Å². The predicted molar refractivity (Wildman–Crippen MR) is 66.8 cm³/mol. The number of nitrogens with zero attached hydrogens (tertiary/aromatic N) is 1. The average Bonchev–Trinajstić information content (AvgIpc) is 2.34. The molecule has 0 aliphatic carbocycles. The van der Waals surface area contributed by atoms with E-state index in [1.54, 1.807) is 7.11 Å². The molecule has 1 fully saturated rings. The zero-order chi connectivity index (χ0) is 12.7. The molecule has 0 aromatic carbocycles. The van der Waals surface area contributed by atoms with Crippen LogP contribution in [-0.4, -0.2) is 50.8 Å². The highest BCUT2D eigenvalue weighted by molar-refractivity contribution is 5.78. The van der Waals surface area contributed by atoms with Gasteiger partial charge in [-0.05, 0) is 18.8 Å². The van der Waals surface area contributed by atoms with E-state index in [2.05, 4.69) is 0 Å². The summed E-state index contributed by atoms with van der Waals surface area (Å²) in [6.07, 6.45) is 2.12. The summed E-state index contributed by atoms with van der Waals surface area (Å²) in [5.74, 6) is 0.997. The Morgan fingerprint density at radius 3 is 2.47 bits per heavy atom. The van der Waals surface area contributed by atoms with Crippen LogP contribution in [0.5, 0.6) is 0 Å². The number of carbonyl (C=O) groups excluding carboxylic acids is 1. The van der Waals surface area contributed by atoms with Gasteiger partial charge in [-0.25, -0.2) is 0 Å². The van der Waals surface area contributed by atoms with Crippen LogP contribution in [0.4, 0.5) is 0 Å². The van der Waals surface area contributed by atoms with E-state index in [0.29, 0.717) is 19.1 Å². The molecule has 1 amide bonds. The van der Waals surface area contributed by atoms with Crippen molar-refractivity contribution in [2.75, 3.05) is 40.0 Å². The smallest absolute Gasteiger partial charge is 0.225 e. The summed E-state index contributed by atoms with van der Waals surface area (Å²) in [6, 6.07) is 0. The van der Waals surface area contributed by atoms with Gasteiger partial charge in [-0.15, -0.1) is 0 Å². The average molecular weight is 243 g/mol. The normalized spacial score (nSPS) is 17.8. The number of hydrogen-bond acceptors (Lipinski definition) is 3. The predicted octanol–water partition coefficient (Wildman–Crippen LogP) is 1.54. The van der Waals surface area contributed by atoms with Crippen molar-refractivity contribution in [1.82, 2.24) is 4.90 Å². The van der Waals surface area contributed by atoms with Gasteiger partial charge in [-0.3, -0.25) is 4.79 Å². The van der Waals surface area contributed by atoms with Crippen molar-refractivity contribution in [2.24, 2.45) is 11.8 Å². The molecule has 1 aliphatic rings. The maximum Gasteiger partial charge on any atom is 0.225 e. The van der Waals surface area contributed by atoms with E-state index >= 15 is 0 Å². The summed E-state index contributed by atoms with van der Waals surface area (Å²) in [4.78, 5) is 13.8. The lowest BCUT2D eigenvalue weighted by molar-refractivity contribution is -0.136. The van der Waals surface area contributed by atoms with Crippen LogP contribution in [0.15, 0.2) is 0 Å². The molecule has 0 unspecified atom stereocenters. The number of rotatable bonds is 6. The Labute approximate surface area is 104 Å². The quantitative estimate of drug-likeness (QED) is 0.664. The van der Waals surface area contributed by atoms with Crippen molar-refractivity contribution >= 4 is 5.91 Å². The number of methoxy groups -OCH3 is 1. The number of carbonyl (C=O) groups is 1. The summed E-state index contributed by atoms with van der Waals surface area (Å²) < 4.78 is 10.5. The lowest BCUT2D eigenvalue weighted by atomic mass is 9.97. The van der Waals surface area contributed by atoms with Crippen molar-refractivity contribution in [3.63, 3.8) is 0 Å². The number of likely N-dealkylation sites (tertiary alicyclic amines) is 1. The van der Waals surface area contributed by atoms with Crippen molar-refractivity contribution in [1.29, 1.82) is 0 Å². The van der Waals surface area contributed by atoms with Crippen molar-refractivity contribution in [3.8, 4) is 0 Å². The topological polar surface area (TPSA) is 38.8 Å². The Balaban J connectivity index is 2.15. The van der Waals surface area contributed by atoms with Gasteiger partial charge in [0.15, 0.2) is 0 Å². The SMILES string of the molecule is COCCOCC1CCN(C(=O)C(C)C)CC1. The number of hydrogen-bond donors (Lipinski definition) is 0. The summed E-state index contributed by atoms with van der Waals surface area (Å²) >= 11 is 0. The van der Waals surface area contributed by atoms with E-state index in [0.717, 1.165) is 32.5 Å². The second-order valence-electron chi connectivity index (χ2n) is 4.99. The standard InChI is InChI=1S/C13H25NO3/c1-11(2)13(15)14-6-4-12(5-7-14)10-17-9-8-16-3/h11-12H,4-10H2,1-3H3. The molecule has 0 atom stereocenters. The zero-order valence-electron chi connectivity index (χ0n) is 11.3. The molecule has 17 heavy (non-hydrogen) atoms. The molecule has 1 aliphatic heterocycles. The fourth-order valence-electron chi connectivity index (χ4n) is 2.08. The van der Waals surface area contributed by atoms with Crippen LogP contribution in [0.1, 0.15) is 26.7 Å². The van der Waals surface area contributed by atoms with E-state index in [4.69, 9.17) is 9.47 Å². The van der Waals surface area contributed by atoms with Crippen molar-refractivity contribution in [2.45, 2.75) is 26.7 Å². The van der Waals surface area contributed by atoms with E-state index in [9.17, 15) is 4.79 Å². The van der Waals surface area contributed by atoms with E-state index in [1.807, 2.05) is 18.7 Å². The molecule has 4 nitrogen and oxygen atoms in total. The third-order valence-electron chi connectivity index (χ3n) is 3.21. The maximum atomic E-state index is 11.8. The molecule has 4 heteroatoms. The molecule has 100 valence electrons. The molecular weight excluding hydrogens is 218 g/mol. The Kier molecular flexibility index (Phi) is 6.52. The first-order valence-corrected chi connectivity index (χ1v) is 6.50. The lowest BCUT2D eigenvalue weighted by Gasteiger charge is -2.33. The van der Waals surface area contributed by atoms with Crippen LogP contribution in [0, 0.1) is 11.8 Å². The highest BCUT2D eigenvalue weighted by Gasteiger charge is 2.24. The van der Waals surface area contributed by atoms with Gasteiger partial charge in [-0.1, -0.05) is 13.8 Å². The number of amides is 1. The molecule has 0 radical (unpaired) electrons. The van der Waals surface area contributed by atoms with Crippen molar-refractivity contribution < 1.29 is 14.3 Å². The number of piperidine rings is 1. The first-order chi connectivity index (χ1) is 8.15. The Morgan fingerprint density at radius 1 is 1.29 bits per heavy atom. The van der Waals surface area contributed by atoms with E-state index in [-0.39, 0.29) is 11.8 Å². The first kappa shape index (κ1) is 14.5. The van der Waals surface area contributed by atoms with Gasteiger partial charge in [0.05, 0.1) is 13.2 Å². The highest BCUT2D eigenvalue weighted by Crippen LogP contribution is 2.18. The number of ether oxygens (including phenoxy) is 2. The lowest BCUT2D eigenvalue weighted by Crippen LogP contribution is -2.41. The van der Waals surface area contributed by atoms with Crippen LogP contribution >= 0.6 is 0 Å². The van der Waals surface area contributed by atoms with Crippen LogP contribution in [0.25, 0.3) is 0 Å². The molecule has 1 heterocycles. The minimum Gasteiger partial charge on any atom is -0.382 e. The summed E-state index contributed by atoms with van der Waals surface area (Å²) in [7, 11) is 1.68. The van der Waals surface area contributed by atoms with Gasteiger partial charge in [-0.2, -0.15) is 0 Å². The third-order valence-corrected chi connectivity index (χ3v) is 3.21. The molecule has 0 bridgehead atoms. The fraction of sp³-hybridized carbons (Fsp3) is 0.923. The van der Waals surface area contributed by atoms with Gasteiger partial charge in [0.25, 0.3) is 0 Å². The molecule has 0 spiro atoms. The Morgan fingerprint density at radius 2 is 1.94 bits per heavy atom. The van der Waals surface area contributed by atoms with E-state index in [1.165, 1.54) is 0 Å². The molecule has 0 aromatic rings. The highest BCUT2D eigenvalue weighted by atomic mass is 16.5. The summed E-state index contributed by atoms with van der Waals surface area (Å²) in [5, 5.41) is 0.